The summed E-state index contributed by atoms with van der Waals surface area (Å²) in [7, 11) is 1.63. The molecule has 0 aliphatic heterocycles. The Bertz CT molecular complexity index is 405. The fourth-order valence-electron chi connectivity index (χ4n) is 1.40. The van der Waals surface area contributed by atoms with Crippen LogP contribution >= 0.6 is 0 Å². The first kappa shape index (κ1) is 13.3. The average Bonchev–Trinajstić information content (AvgIpc) is 2.28. The number of nitrogens with zero attached hydrogens (tertiary/aromatic N) is 1. The lowest BCUT2D eigenvalue weighted by Gasteiger charge is -2.18. The highest BCUT2D eigenvalue weighted by Gasteiger charge is 2.16. The Labute approximate surface area is 100 Å². The highest BCUT2D eigenvalue weighted by Crippen LogP contribution is 2.23. The van der Waals surface area contributed by atoms with E-state index in [0.29, 0.717) is 13.0 Å². The highest BCUT2D eigenvalue weighted by atomic mass is 16.3. The van der Waals surface area contributed by atoms with Crippen molar-refractivity contribution >= 4 is 5.91 Å². The summed E-state index contributed by atoms with van der Waals surface area (Å²) < 4.78 is 0. The Morgan fingerprint density at radius 3 is 2.71 bits per heavy atom. The number of nitrogens with two attached hydrogens (primary N) is 1. The van der Waals surface area contributed by atoms with E-state index in [4.69, 9.17) is 5.73 Å². The molecule has 1 atom stereocenters. The molecule has 0 saturated carbocycles. The lowest BCUT2D eigenvalue weighted by Crippen LogP contribution is -2.31. The van der Waals surface area contributed by atoms with Crippen LogP contribution in [0.5, 0.6) is 11.5 Å². The second-order valence-corrected chi connectivity index (χ2v) is 4.19. The molecular weight excluding hydrogens is 220 g/mol. The van der Waals surface area contributed by atoms with Crippen LogP contribution in [0, 0.1) is 0 Å². The van der Waals surface area contributed by atoms with Gasteiger partial charge in [-0.15, -0.1) is 0 Å². The van der Waals surface area contributed by atoms with Crippen LogP contribution in [0.25, 0.3) is 0 Å². The van der Waals surface area contributed by atoms with Crippen molar-refractivity contribution in [2.24, 2.45) is 5.73 Å². The first-order valence-corrected chi connectivity index (χ1v) is 5.45. The number of benzene rings is 1. The van der Waals surface area contributed by atoms with E-state index in [9.17, 15) is 15.0 Å². The molecule has 0 aliphatic rings. The van der Waals surface area contributed by atoms with Gasteiger partial charge in [0.15, 0.2) is 0 Å². The molecule has 1 unspecified atom stereocenters. The summed E-state index contributed by atoms with van der Waals surface area (Å²) in [5.74, 6) is -0.522. The van der Waals surface area contributed by atoms with Crippen molar-refractivity contribution in [3.05, 3.63) is 23.8 Å². The first-order valence-electron chi connectivity index (χ1n) is 5.45. The van der Waals surface area contributed by atoms with E-state index in [2.05, 4.69) is 0 Å². The van der Waals surface area contributed by atoms with Crippen LogP contribution in [0.4, 0.5) is 0 Å². The summed E-state index contributed by atoms with van der Waals surface area (Å²) in [6.45, 7) is 2.37. The number of phenols is 2. The zero-order valence-corrected chi connectivity index (χ0v) is 10.1. The maximum absolute atomic E-state index is 11.9. The molecule has 0 saturated heterocycles. The molecule has 5 heteroatoms. The van der Waals surface area contributed by atoms with Crippen LogP contribution in [0.15, 0.2) is 18.2 Å². The van der Waals surface area contributed by atoms with Crippen LogP contribution in [0.2, 0.25) is 0 Å². The number of aromatic hydroxyl groups is 2. The van der Waals surface area contributed by atoms with Crippen LogP contribution in [-0.4, -0.2) is 40.7 Å². The summed E-state index contributed by atoms with van der Waals surface area (Å²) in [5.41, 5.74) is 5.70. The van der Waals surface area contributed by atoms with Gasteiger partial charge in [0, 0.05) is 19.6 Å². The molecule has 0 radical (unpaired) electrons. The minimum Gasteiger partial charge on any atom is -0.508 e. The molecule has 1 aromatic rings. The maximum atomic E-state index is 11.9. The number of hydrogen-bond donors (Lipinski definition) is 3. The molecule has 0 bridgehead atoms. The average molecular weight is 238 g/mol. The third-order valence-corrected chi connectivity index (χ3v) is 2.48. The Hall–Kier alpha value is -1.75. The van der Waals surface area contributed by atoms with E-state index in [0.717, 1.165) is 0 Å². The molecule has 0 spiro atoms. The second-order valence-electron chi connectivity index (χ2n) is 4.19. The summed E-state index contributed by atoms with van der Waals surface area (Å²) in [6, 6.07) is 3.89. The molecule has 1 aromatic carbocycles. The molecule has 5 nitrogen and oxygen atoms in total. The first-order chi connectivity index (χ1) is 7.91. The summed E-state index contributed by atoms with van der Waals surface area (Å²) >= 11 is 0. The fourth-order valence-corrected chi connectivity index (χ4v) is 1.40. The monoisotopic (exact) mass is 238 g/mol. The van der Waals surface area contributed by atoms with Crippen molar-refractivity contribution in [3.8, 4) is 11.5 Å². The number of phenolic OH excluding ortho intramolecular Hbond substituents is 2. The van der Waals surface area contributed by atoms with Crippen molar-refractivity contribution in [3.63, 3.8) is 0 Å². The normalized spacial score (nSPS) is 12.2. The predicted molar refractivity (Wildman–Crippen MR) is 65.0 cm³/mol. The van der Waals surface area contributed by atoms with Gasteiger partial charge in [-0.3, -0.25) is 4.79 Å². The Morgan fingerprint density at radius 1 is 1.47 bits per heavy atom. The van der Waals surface area contributed by atoms with Crippen molar-refractivity contribution in [1.82, 2.24) is 4.90 Å². The lowest BCUT2D eigenvalue weighted by atomic mass is 10.1. The number of amides is 1. The van der Waals surface area contributed by atoms with Gasteiger partial charge in [0.05, 0.1) is 5.56 Å². The third kappa shape index (κ3) is 3.64. The van der Waals surface area contributed by atoms with E-state index in [1.807, 2.05) is 6.92 Å². The molecule has 0 aliphatic carbocycles. The second kappa shape index (κ2) is 5.54. The van der Waals surface area contributed by atoms with Crippen LogP contribution in [0.3, 0.4) is 0 Å². The van der Waals surface area contributed by atoms with E-state index in [1.54, 1.807) is 7.05 Å². The Morgan fingerprint density at radius 2 is 2.12 bits per heavy atom. The topological polar surface area (TPSA) is 86.8 Å². The highest BCUT2D eigenvalue weighted by molar-refractivity contribution is 5.97. The smallest absolute Gasteiger partial charge is 0.257 e. The maximum Gasteiger partial charge on any atom is 0.257 e. The van der Waals surface area contributed by atoms with Crippen molar-refractivity contribution in [2.75, 3.05) is 13.6 Å². The number of carbonyl (C=O) groups is 1. The van der Waals surface area contributed by atoms with Gasteiger partial charge in [0.1, 0.15) is 11.5 Å². The number of hydrogen-bond acceptors (Lipinski definition) is 4. The van der Waals surface area contributed by atoms with Crippen molar-refractivity contribution < 1.29 is 15.0 Å². The number of rotatable bonds is 4. The van der Waals surface area contributed by atoms with Crippen LogP contribution in [-0.2, 0) is 0 Å². The van der Waals surface area contributed by atoms with E-state index < -0.39 is 0 Å². The molecule has 0 fully saturated rings. The van der Waals surface area contributed by atoms with Crippen LogP contribution < -0.4 is 5.73 Å². The summed E-state index contributed by atoms with van der Waals surface area (Å²) in [5, 5.41) is 18.8. The molecule has 17 heavy (non-hydrogen) atoms. The minimum absolute atomic E-state index is 0.0167. The fraction of sp³-hybridized carbons (Fsp3) is 0.417. The van der Waals surface area contributed by atoms with E-state index in [1.165, 1.54) is 23.1 Å². The molecule has 94 valence electrons. The van der Waals surface area contributed by atoms with E-state index in [-0.39, 0.29) is 29.0 Å². The van der Waals surface area contributed by atoms with Crippen molar-refractivity contribution in [1.29, 1.82) is 0 Å². The predicted octanol–water partition coefficient (Wildman–Crippen LogP) is 0.907. The van der Waals surface area contributed by atoms with Gasteiger partial charge < -0.3 is 20.8 Å². The SMILES string of the molecule is CC(N)CCN(C)C(=O)c1cc(O)ccc1O. The van der Waals surface area contributed by atoms with E-state index >= 15 is 0 Å². The Balaban J connectivity index is 2.78. The zero-order valence-electron chi connectivity index (χ0n) is 10.1. The summed E-state index contributed by atoms with van der Waals surface area (Å²) in [6.07, 6.45) is 0.682. The van der Waals surface area contributed by atoms with Gasteiger partial charge in [-0.2, -0.15) is 0 Å². The molecular formula is C12H18N2O3. The third-order valence-electron chi connectivity index (χ3n) is 2.48. The molecule has 4 N–H and O–H groups in total. The zero-order chi connectivity index (χ0) is 13.0. The van der Waals surface area contributed by atoms with Gasteiger partial charge in [-0.05, 0) is 31.5 Å². The standard InChI is InChI=1S/C12H18N2O3/c1-8(13)5-6-14(2)12(17)10-7-9(15)3-4-11(10)16/h3-4,7-8,15-16H,5-6,13H2,1-2H3. The quantitative estimate of drug-likeness (QED) is 0.680. The van der Waals surface area contributed by atoms with Gasteiger partial charge in [0.25, 0.3) is 5.91 Å². The number of carbonyl (C=O) groups excluding carboxylic acids is 1. The largest absolute Gasteiger partial charge is 0.508 e. The Kier molecular flexibility index (Phi) is 4.34. The van der Waals surface area contributed by atoms with Crippen molar-refractivity contribution in [2.45, 2.75) is 19.4 Å². The lowest BCUT2D eigenvalue weighted by molar-refractivity contribution is 0.0788. The molecule has 0 aromatic heterocycles. The van der Waals surface area contributed by atoms with Gasteiger partial charge >= 0.3 is 0 Å². The minimum atomic E-state index is -0.334. The van der Waals surface area contributed by atoms with Gasteiger partial charge in [0.2, 0.25) is 0 Å². The molecule has 0 heterocycles. The van der Waals surface area contributed by atoms with Crippen LogP contribution in [0.1, 0.15) is 23.7 Å². The molecule has 1 rings (SSSR count). The van der Waals surface area contributed by atoms with Gasteiger partial charge in [-0.1, -0.05) is 0 Å². The van der Waals surface area contributed by atoms with Gasteiger partial charge in [-0.25, -0.2) is 0 Å². The summed E-state index contributed by atoms with van der Waals surface area (Å²) in [4.78, 5) is 13.4. The molecule has 1 amide bonds.